The Bertz CT molecular complexity index is 662. The number of hydrogen-bond donors (Lipinski definition) is 1. The average molecular weight is 297 g/mol. The molecule has 1 aromatic carbocycles. The molecule has 0 fully saturated rings. The minimum absolute atomic E-state index is 0.116. The molecule has 20 heavy (non-hydrogen) atoms. The fourth-order valence-corrected chi connectivity index (χ4v) is 2.71. The fraction of sp³-hybridized carbons (Fsp3) is 0.364. The molecular weight excluding hydrogens is 285 g/mol. The van der Waals surface area contributed by atoms with E-state index in [1.54, 1.807) is 0 Å². The number of sulfonamides is 1. The number of azide groups is 1. The maximum Gasteiger partial charge on any atom is 0.241 e. The van der Waals surface area contributed by atoms with E-state index in [2.05, 4.69) is 14.7 Å². The molecule has 1 aromatic rings. The molecule has 0 aliphatic rings. The van der Waals surface area contributed by atoms with E-state index in [-0.39, 0.29) is 18.0 Å². The molecule has 106 valence electrons. The second-order valence-corrected chi connectivity index (χ2v) is 5.52. The van der Waals surface area contributed by atoms with Crippen molar-refractivity contribution in [3.05, 3.63) is 40.0 Å². The largest absolute Gasteiger partial charge is 0.241 e. The van der Waals surface area contributed by atoms with Crippen molar-refractivity contribution in [1.82, 2.24) is 4.72 Å². The number of nitrogens with one attached hydrogen (secondary N) is 1. The third-order valence-corrected chi connectivity index (χ3v) is 3.92. The van der Waals surface area contributed by atoms with Crippen LogP contribution < -0.4 is 4.72 Å². The number of benzene rings is 1. The minimum atomic E-state index is -3.93. The van der Waals surface area contributed by atoms with E-state index < -0.39 is 21.4 Å². The van der Waals surface area contributed by atoms with E-state index in [1.165, 1.54) is 18.2 Å². The molecule has 0 aliphatic heterocycles. The molecule has 0 radical (unpaired) electrons. The van der Waals surface area contributed by atoms with Gasteiger partial charge in [0.15, 0.2) is 0 Å². The summed E-state index contributed by atoms with van der Waals surface area (Å²) >= 11 is 0. The van der Waals surface area contributed by atoms with Crippen molar-refractivity contribution < 1.29 is 12.8 Å². The summed E-state index contributed by atoms with van der Waals surface area (Å²) in [7, 11) is -3.93. The van der Waals surface area contributed by atoms with Crippen molar-refractivity contribution >= 4 is 10.0 Å². The van der Waals surface area contributed by atoms with Crippen molar-refractivity contribution in [2.75, 3.05) is 13.1 Å². The van der Waals surface area contributed by atoms with E-state index in [9.17, 15) is 12.8 Å². The molecule has 0 aliphatic carbocycles. The summed E-state index contributed by atoms with van der Waals surface area (Å²) in [6.07, 6.45) is 0.996. The van der Waals surface area contributed by atoms with Crippen LogP contribution in [-0.2, 0) is 10.0 Å². The van der Waals surface area contributed by atoms with Gasteiger partial charge in [-0.15, -0.1) is 0 Å². The summed E-state index contributed by atoms with van der Waals surface area (Å²) in [5, 5.41) is 12.1. The molecule has 0 heterocycles. The van der Waals surface area contributed by atoms with Crippen molar-refractivity contribution in [3.8, 4) is 6.07 Å². The van der Waals surface area contributed by atoms with Gasteiger partial charge >= 0.3 is 0 Å². The second kappa shape index (κ2) is 7.45. The molecule has 0 atom stereocenters. The van der Waals surface area contributed by atoms with Crippen molar-refractivity contribution in [2.45, 2.75) is 17.7 Å². The summed E-state index contributed by atoms with van der Waals surface area (Å²) in [5.41, 5.74) is 7.56. The van der Waals surface area contributed by atoms with Crippen LogP contribution in [0.25, 0.3) is 10.4 Å². The van der Waals surface area contributed by atoms with Crippen molar-refractivity contribution in [2.24, 2.45) is 5.11 Å². The average Bonchev–Trinajstić information content (AvgIpc) is 2.42. The van der Waals surface area contributed by atoms with Gasteiger partial charge in [-0.25, -0.2) is 17.5 Å². The van der Waals surface area contributed by atoms with Crippen LogP contribution in [0.5, 0.6) is 0 Å². The van der Waals surface area contributed by atoms with Gasteiger partial charge in [0.25, 0.3) is 0 Å². The van der Waals surface area contributed by atoms with Gasteiger partial charge in [0, 0.05) is 18.0 Å². The summed E-state index contributed by atoms with van der Waals surface area (Å²) in [4.78, 5) is 2.19. The molecule has 0 bridgehead atoms. The number of hydrogen-bond acceptors (Lipinski definition) is 4. The zero-order valence-corrected chi connectivity index (χ0v) is 11.3. The molecule has 0 spiro atoms. The fourth-order valence-electron chi connectivity index (χ4n) is 1.47. The standard InChI is InChI=1S/C11H12FN5O2S/c12-10-4-3-5-11(9(10)8-13)20(18,19)16-7-2-1-6-15-17-14/h3-5,16H,1-2,6-7H2. The lowest BCUT2D eigenvalue weighted by Crippen LogP contribution is -2.26. The SMILES string of the molecule is N#Cc1c(F)cccc1S(=O)(=O)NCCCCN=[N+]=[N-]. The predicted octanol–water partition coefficient (Wildman–Crippen LogP) is 2.07. The summed E-state index contributed by atoms with van der Waals surface area (Å²) in [5.74, 6) is -0.876. The number of nitriles is 1. The Hall–Kier alpha value is -2.14. The second-order valence-electron chi connectivity index (χ2n) is 3.78. The van der Waals surface area contributed by atoms with Crippen LogP contribution in [0.4, 0.5) is 4.39 Å². The first kappa shape index (κ1) is 15.9. The number of unbranched alkanes of at least 4 members (excludes halogenated alkanes) is 1. The van der Waals surface area contributed by atoms with Crippen LogP contribution in [0.2, 0.25) is 0 Å². The molecule has 7 nitrogen and oxygen atoms in total. The zero-order valence-electron chi connectivity index (χ0n) is 10.5. The first-order valence-corrected chi connectivity index (χ1v) is 7.20. The normalized spacial score (nSPS) is 10.6. The van der Waals surface area contributed by atoms with E-state index in [0.717, 1.165) is 6.07 Å². The van der Waals surface area contributed by atoms with Gasteiger partial charge in [-0.1, -0.05) is 11.2 Å². The lowest BCUT2D eigenvalue weighted by Gasteiger charge is -2.08. The van der Waals surface area contributed by atoms with Gasteiger partial charge < -0.3 is 0 Å². The molecule has 0 saturated carbocycles. The number of nitrogens with zero attached hydrogens (tertiary/aromatic N) is 4. The Labute approximate surface area is 115 Å². The van der Waals surface area contributed by atoms with E-state index >= 15 is 0 Å². The van der Waals surface area contributed by atoms with Crippen molar-refractivity contribution in [3.63, 3.8) is 0 Å². The third kappa shape index (κ3) is 4.20. The Morgan fingerprint density at radius 1 is 1.45 bits per heavy atom. The molecule has 0 aromatic heterocycles. The summed E-state index contributed by atoms with van der Waals surface area (Å²) in [6, 6.07) is 4.96. The molecule has 9 heteroatoms. The molecule has 0 unspecified atom stereocenters. The van der Waals surface area contributed by atoms with Crippen LogP contribution in [0.15, 0.2) is 28.2 Å². The molecular formula is C11H12FN5O2S. The van der Waals surface area contributed by atoms with Gasteiger partial charge in [-0.3, -0.25) is 0 Å². The molecule has 0 saturated heterocycles. The lowest BCUT2D eigenvalue weighted by molar-refractivity contribution is 0.572. The van der Waals surface area contributed by atoms with E-state index in [0.29, 0.717) is 12.8 Å². The van der Waals surface area contributed by atoms with E-state index in [4.69, 9.17) is 10.8 Å². The van der Waals surface area contributed by atoms with Gasteiger partial charge in [0.05, 0.1) is 0 Å². The highest BCUT2D eigenvalue weighted by Gasteiger charge is 2.20. The number of halogens is 1. The van der Waals surface area contributed by atoms with Crippen LogP contribution in [-0.4, -0.2) is 21.5 Å². The van der Waals surface area contributed by atoms with Gasteiger partial charge in [-0.05, 0) is 30.5 Å². The quantitative estimate of drug-likeness (QED) is 0.359. The van der Waals surface area contributed by atoms with E-state index in [1.807, 2.05) is 0 Å². The maximum atomic E-state index is 13.3. The molecule has 1 rings (SSSR count). The highest BCUT2D eigenvalue weighted by Crippen LogP contribution is 2.17. The van der Waals surface area contributed by atoms with Crippen LogP contribution in [0.3, 0.4) is 0 Å². The van der Waals surface area contributed by atoms with Crippen molar-refractivity contribution in [1.29, 1.82) is 5.26 Å². The Kier molecular flexibility index (Phi) is 5.93. The number of rotatable bonds is 7. The topological polar surface area (TPSA) is 119 Å². The highest BCUT2D eigenvalue weighted by molar-refractivity contribution is 7.89. The minimum Gasteiger partial charge on any atom is -0.211 e. The predicted molar refractivity (Wildman–Crippen MR) is 69.6 cm³/mol. The maximum absolute atomic E-state index is 13.3. The zero-order chi connectivity index (χ0) is 15.0. The Balaban J connectivity index is 2.73. The summed E-state index contributed by atoms with van der Waals surface area (Å²) < 4.78 is 39.5. The van der Waals surface area contributed by atoms with Gasteiger partial charge in [0.1, 0.15) is 22.3 Å². The molecule has 1 N–H and O–H groups in total. The van der Waals surface area contributed by atoms with Crippen LogP contribution in [0, 0.1) is 17.1 Å². The smallest absolute Gasteiger partial charge is 0.211 e. The Morgan fingerprint density at radius 2 is 2.20 bits per heavy atom. The lowest BCUT2D eigenvalue weighted by atomic mass is 10.2. The first-order valence-electron chi connectivity index (χ1n) is 5.72. The highest BCUT2D eigenvalue weighted by atomic mass is 32.2. The molecule has 0 amide bonds. The first-order chi connectivity index (χ1) is 9.53. The van der Waals surface area contributed by atoms with Crippen LogP contribution >= 0.6 is 0 Å². The summed E-state index contributed by atoms with van der Waals surface area (Å²) in [6.45, 7) is 0.395. The monoisotopic (exact) mass is 297 g/mol. The third-order valence-electron chi connectivity index (χ3n) is 2.42. The Morgan fingerprint density at radius 3 is 2.85 bits per heavy atom. The van der Waals surface area contributed by atoms with Gasteiger partial charge in [0.2, 0.25) is 10.0 Å². The van der Waals surface area contributed by atoms with Crippen LogP contribution in [0.1, 0.15) is 18.4 Å². The van der Waals surface area contributed by atoms with Gasteiger partial charge in [-0.2, -0.15) is 5.26 Å².